The normalized spacial score (nSPS) is 12.0. The molecule has 7 heteroatoms. The maximum atomic E-state index is 4.98. The van der Waals surface area contributed by atoms with Gasteiger partial charge in [0.15, 0.2) is 0 Å². The van der Waals surface area contributed by atoms with Crippen molar-refractivity contribution in [3.63, 3.8) is 0 Å². The molecule has 7 aromatic rings. The summed E-state index contributed by atoms with van der Waals surface area (Å²) in [5.41, 5.74) is 10.7. The number of imidazole rings is 1. The van der Waals surface area contributed by atoms with Crippen molar-refractivity contribution in [1.82, 2.24) is 19.4 Å². The van der Waals surface area contributed by atoms with E-state index >= 15 is 0 Å². The molecule has 253 valence electrons. The number of thiazole rings is 1. The van der Waals surface area contributed by atoms with Gasteiger partial charge in [-0.05, 0) is 59.9 Å². The fraction of sp³-hybridized carbons (Fsp3) is 0.262. The van der Waals surface area contributed by atoms with Gasteiger partial charge in [0.2, 0.25) is 0 Å². The van der Waals surface area contributed by atoms with E-state index in [1.54, 1.807) is 11.3 Å². The fourth-order valence-electron chi connectivity index (χ4n) is 5.93. The molecule has 0 N–H and O–H groups in total. The average molecular weight is 857 g/mol. The summed E-state index contributed by atoms with van der Waals surface area (Å²) in [7, 11) is -1.62. The van der Waals surface area contributed by atoms with Crippen molar-refractivity contribution >= 4 is 39.6 Å². The number of aromatic nitrogens is 4. The van der Waals surface area contributed by atoms with E-state index in [1.807, 2.05) is 49.1 Å². The van der Waals surface area contributed by atoms with Crippen molar-refractivity contribution in [2.45, 2.75) is 72.0 Å². The SMILES string of the molecule is CC(C)(C)c1ccc(-c2[c-]cccc2)nc1.CC(C)(C)c1ccccc1-c1cc(-c2[c-]ccc3c2sc2cncn23)ncc1[Si](C)(C)C.[Ir]. The predicted octanol–water partition coefficient (Wildman–Crippen LogP) is 10.8. The van der Waals surface area contributed by atoms with Crippen LogP contribution < -0.4 is 5.19 Å². The van der Waals surface area contributed by atoms with Crippen LogP contribution in [-0.2, 0) is 30.9 Å². The molecule has 0 bridgehead atoms. The summed E-state index contributed by atoms with van der Waals surface area (Å²) >= 11 is 1.75. The Labute approximate surface area is 310 Å². The molecule has 1 radical (unpaired) electrons. The van der Waals surface area contributed by atoms with E-state index in [-0.39, 0.29) is 30.9 Å². The van der Waals surface area contributed by atoms with E-state index in [2.05, 4.69) is 142 Å². The zero-order valence-corrected chi connectivity index (χ0v) is 34.1. The second kappa shape index (κ2) is 14.2. The van der Waals surface area contributed by atoms with Crippen LogP contribution in [0.25, 0.3) is 48.7 Å². The summed E-state index contributed by atoms with van der Waals surface area (Å²) in [4.78, 5) is 14.9. The molecule has 0 amide bonds. The zero-order chi connectivity index (χ0) is 34.3. The average Bonchev–Trinajstić information content (AvgIpc) is 3.66. The van der Waals surface area contributed by atoms with Gasteiger partial charge in [-0.25, -0.2) is 4.98 Å². The molecule has 4 aromatic heterocycles. The standard InChI is InChI=1S/C27H28N3SSi.C15H16N.Ir/c1-27(2,3)21-12-8-7-10-18(21)20-14-22(29-15-24(20)32(4,5)6)19-11-9-13-23-26(19)31-25-16-28-17-30(23)25;1-15(2,3)13-9-10-14(16-11-13)12-7-5-4-6-8-12;/h7-10,12-17H,1-6H3;4-7,9-11H,1-3H3;/q2*-1;. The van der Waals surface area contributed by atoms with E-state index < -0.39 is 8.07 Å². The Morgan fingerprint density at radius 1 is 0.714 bits per heavy atom. The molecule has 0 aliphatic carbocycles. The van der Waals surface area contributed by atoms with Crippen molar-refractivity contribution in [1.29, 1.82) is 0 Å². The molecule has 0 saturated heterocycles. The third-order valence-corrected chi connectivity index (χ3v) is 11.8. The molecule has 0 spiro atoms. The van der Waals surface area contributed by atoms with Crippen molar-refractivity contribution < 1.29 is 20.1 Å². The van der Waals surface area contributed by atoms with Gasteiger partial charge < -0.3 is 14.4 Å². The van der Waals surface area contributed by atoms with Crippen LogP contribution >= 0.6 is 11.3 Å². The van der Waals surface area contributed by atoms with Crippen LogP contribution in [0.5, 0.6) is 0 Å². The summed E-state index contributed by atoms with van der Waals surface area (Å²) in [6.45, 7) is 20.6. The summed E-state index contributed by atoms with van der Waals surface area (Å²) < 4.78 is 3.34. The van der Waals surface area contributed by atoms with Crippen molar-refractivity contribution in [3.8, 4) is 33.6 Å². The second-order valence-corrected chi connectivity index (χ2v) is 21.5. The summed E-state index contributed by atoms with van der Waals surface area (Å²) in [6, 6.07) is 34.0. The number of hydrogen-bond donors (Lipinski definition) is 0. The second-order valence-electron chi connectivity index (χ2n) is 15.4. The van der Waals surface area contributed by atoms with Gasteiger partial charge >= 0.3 is 0 Å². The minimum atomic E-state index is -1.62. The molecule has 0 unspecified atom stereocenters. The van der Waals surface area contributed by atoms with Gasteiger partial charge in [-0.2, -0.15) is 11.3 Å². The van der Waals surface area contributed by atoms with Gasteiger partial charge in [-0.1, -0.05) is 104 Å². The first-order valence-corrected chi connectivity index (χ1v) is 20.8. The largest absolute Gasteiger partial charge is 0.308 e. The van der Waals surface area contributed by atoms with Crippen molar-refractivity contribution in [2.24, 2.45) is 0 Å². The predicted molar refractivity (Wildman–Crippen MR) is 207 cm³/mol. The number of pyridine rings is 2. The van der Waals surface area contributed by atoms with Crippen LogP contribution in [-0.4, -0.2) is 27.4 Å². The Morgan fingerprint density at radius 3 is 2.10 bits per heavy atom. The molecule has 0 atom stereocenters. The molecule has 3 aromatic carbocycles. The monoisotopic (exact) mass is 857 g/mol. The van der Waals surface area contributed by atoms with E-state index in [0.717, 1.165) is 32.9 Å². The van der Waals surface area contributed by atoms with Gasteiger partial charge in [0.05, 0.1) is 20.6 Å². The molecule has 0 aliphatic rings. The Kier molecular flexibility index (Phi) is 10.6. The first kappa shape index (κ1) is 36.5. The maximum Gasteiger partial charge on any atom is 0.109 e. The van der Waals surface area contributed by atoms with Gasteiger partial charge in [0.25, 0.3) is 0 Å². The third kappa shape index (κ3) is 7.86. The van der Waals surface area contributed by atoms with E-state index in [9.17, 15) is 0 Å². The molecule has 4 heterocycles. The Balaban J connectivity index is 0.000000233. The first-order chi connectivity index (χ1) is 22.7. The minimum Gasteiger partial charge on any atom is -0.308 e. The third-order valence-electron chi connectivity index (χ3n) is 8.61. The van der Waals surface area contributed by atoms with Crippen LogP contribution in [0.1, 0.15) is 52.7 Å². The van der Waals surface area contributed by atoms with Crippen molar-refractivity contribution in [3.05, 3.63) is 127 Å². The number of nitrogens with zero attached hydrogens (tertiary/aromatic N) is 4. The van der Waals surface area contributed by atoms with Gasteiger partial charge in [0, 0.05) is 32.5 Å². The number of benzene rings is 3. The zero-order valence-electron chi connectivity index (χ0n) is 29.8. The molecule has 0 fully saturated rings. The van der Waals surface area contributed by atoms with Crippen LogP contribution in [0.2, 0.25) is 19.6 Å². The Hall–Kier alpha value is -3.74. The molecule has 0 aliphatic heterocycles. The molecule has 49 heavy (non-hydrogen) atoms. The minimum absolute atomic E-state index is 0. The van der Waals surface area contributed by atoms with E-state index in [4.69, 9.17) is 4.98 Å². The summed E-state index contributed by atoms with van der Waals surface area (Å²) in [5.74, 6) is 0. The van der Waals surface area contributed by atoms with E-state index in [1.165, 1.54) is 32.1 Å². The Morgan fingerprint density at radius 2 is 1.45 bits per heavy atom. The van der Waals surface area contributed by atoms with Crippen LogP contribution in [0, 0.1) is 12.1 Å². The smallest absolute Gasteiger partial charge is 0.109 e. The maximum absolute atomic E-state index is 4.98. The van der Waals surface area contributed by atoms with Crippen LogP contribution in [0.3, 0.4) is 0 Å². The quantitative estimate of drug-likeness (QED) is 0.131. The molecule has 4 nitrogen and oxygen atoms in total. The van der Waals surface area contributed by atoms with Crippen molar-refractivity contribution in [2.75, 3.05) is 0 Å². The fourth-order valence-corrected chi connectivity index (χ4v) is 8.50. The molecular formula is C42H44IrN4SSi-2. The first-order valence-electron chi connectivity index (χ1n) is 16.5. The number of rotatable bonds is 4. The summed E-state index contributed by atoms with van der Waals surface area (Å²) in [5, 5.41) is 1.40. The van der Waals surface area contributed by atoms with E-state index in [0.29, 0.717) is 0 Å². The molecule has 7 rings (SSSR count). The molecule has 0 saturated carbocycles. The van der Waals surface area contributed by atoms with Gasteiger partial charge in [0.1, 0.15) is 4.83 Å². The van der Waals surface area contributed by atoms with Gasteiger partial charge in [-0.15, -0.1) is 59.7 Å². The summed E-state index contributed by atoms with van der Waals surface area (Å²) in [6.07, 6.45) is 7.88. The van der Waals surface area contributed by atoms with Crippen LogP contribution in [0.15, 0.2) is 104 Å². The Bertz CT molecular complexity index is 2180. The molecular weight excluding hydrogens is 813 g/mol. The topological polar surface area (TPSA) is 43.1 Å². The number of fused-ring (bicyclic) bond motifs is 3. The van der Waals surface area contributed by atoms with Gasteiger partial charge in [-0.3, -0.25) is 0 Å². The van der Waals surface area contributed by atoms with Crippen LogP contribution in [0.4, 0.5) is 0 Å². The number of hydrogen-bond acceptors (Lipinski definition) is 4.